The fourth-order valence-electron chi connectivity index (χ4n) is 8.03. The van der Waals surface area contributed by atoms with Crippen LogP contribution in [0.1, 0.15) is 18.5 Å². The van der Waals surface area contributed by atoms with Crippen LogP contribution >= 0.6 is 7.49 Å². The molecule has 51 heavy (non-hydrogen) atoms. The van der Waals surface area contributed by atoms with Gasteiger partial charge >= 0.3 is 0 Å². The third kappa shape index (κ3) is 4.61. The Morgan fingerprint density at radius 2 is 1.29 bits per heavy atom. The lowest BCUT2D eigenvalue weighted by Gasteiger charge is -2.23. The zero-order valence-electron chi connectivity index (χ0n) is 27.8. The molecule has 1 aliphatic heterocycles. The van der Waals surface area contributed by atoms with Gasteiger partial charge in [0.25, 0.3) is 0 Å². The van der Waals surface area contributed by atoms with Crippen molar-refractivity contribution in [1.29, 1.82) is 0 Å². The van der Waals surface area contributed by atoms with Crippen molar-refractivity contribution in [2.24, 2.45) is 0 Å². The molecule has 2 aliphatic rings. The van der Waals surface area contributed by atoms with E-state index in [0.717, 1.165) is 89.8 Å². The van der Waals surface area contributed by atoms with Gasteiger partial charge in [-0.25, -0.2) is 14.9 Å². The summed E-state index contributed by atoms with van der Waals surface area (Å²) >= 11 is 0. The number of hydrogen-bond donors (Lipinski definition) is 1. The number of benzene rings is 6. The van der Waals surface area contributed by atoms with Crippen LogP contribution < -0.4 is 15.9 Å². The Bertz CT molecular complexity index is 2730. The molecule has 0 amide bonds. The second-order valence-electron chi connectivity index (χ2n) is 13.2. The maximum Gasteiger partial charge on any atom is 0.239 e. The van der Waals surface area contributed by atoms with Gasteiger partial charge in [-0.2, -0.15) is 0 Å². The molecule has 0 saturated heterocycles. The second kappa shape index (κ2) is 11.8. The van der Waals surface area contributed by atoms with Crippen molar-refractivity contribution >= 4 is 50.8 Å². The van der Waals surface area contributed by atoms with Gasteiger partial charge in [-0.1, -0.05) is 127 Å². The molecule has 10 rings (SSSR count). The van der Waals surface area contributed by atoms with Gasteiger partial charge in [0, 0.05) is 27.5 Å². The summed E-state index contributed by atoms with van der Waals surface area (Å²) in [5.41, 5.74) is 10.4. The van der Waals surface area contributed by atoms with Crippen molar-refractivity contribution in [3.8, 4) is 39.5 Å². The van der Waals surface area contributed by atoms with E-state index < -0.39 is 7.49 Å². The SMILES string of the molecule is O[P+]1(c2cccc(-c3ccccc3)c2)c2ccccc2-c2c(n(-c3nc(C4=CC=CCC4)c4ccccc4n3)c3ccccc23)-c2ccccc21. The minimum absolute atomic E-state index is 0.624. The van der Waals surface area contributed by atoms with Gasteiger partial charge in [0.15, 0.2) is 0 Å². The number of allylic oxidation sites excluding steroid dienone is 4. The van der Waals surface area contributed by atoms with Gasteiger partial charge in [0.2, 0.25) is 13.4 Å². The van der Waals surface area contributed by atoms with Crippen LogP contribution in [0.4, 0.5) is 0 Å². The van der Waals surface area contributed by atoms with Gasteiger partial charge in [-0.05, 0) is 72.0 Å². The predicted molar refractivity (Wildman–Crippen MR) is 214 cm³/mol. The van der Waals surface area contributed by atoms with Crippen molar-refractivity contribution in [3.05, 3.63) is 176 Å². The fourth-order valence-corrected chi connectivity index (χ4v) is 11.1. The molecule has 0 spiro atoms. The van der Waals surface area contributed by atoms with Gasteiger partial charge in [-0.3, -0.25) is 4.57 Å². The highest BCUT2D eigenvalue weighted by Gasteiger charge is 2.51. The summed E-state index contributed by atoms with van der Waals surface area (Å²) in [5.74, 6) is 0.624. The summed E-state index contributed by atoms with van der Waals surface area (Å²) in [6, 6.07) is 52.6. The van der Waals surface area contributed by atoms with Crippen LogP contribution in [0, 0.1) is 0 Å². The first-order chi connectivity index (χ1) is 25.2. The third-order valence-electron chi connectivity index (χ3n) is 10.3. The average molecular weight is 675 g/mol. The first-order valence-electron chi connectivity index (χ1n) is 17.4. The monoisotopic (exact) mass is 674 g/mol. The van der Waals surface area contributed by atoms with E-state index in [4.69, 9.17) is 9.97 Å². The van der Waals surface area contributed by atoms with E-state index in [1.807, 2.05) is 12.1 Å². The average Bonchev–Trinajstić information content (AvgIpc) is 3.51. The Hall–Kier alpha value is -5.93. The number of para-hydroxylation sites is 2. The second-order valence-corrected chi connectivity index (χ2v) is 16.0. The van der Waals surface area contributed by atoms with Gasteiger partial charge in [0.1, 0.15) is 15.9 Å². The molecule has 3 heterocycles. The molecule has 0 saturated carbocycles. The first-order valence-corrected chi connectivity index (χ1v) is 19.2. The molecule has 0 bridgehead atoms. The van der Waals surface area contributed by atoms with E-state index in [1.54, 1.807) is 0 Å². The molecule has 0 fully saturated rings. The lowest BCUT2D eigenvalue weighted by molar-refractivity contribution is 0.633. The molecule has 242 valence electrons. The summed E-state index contributed by atoms with van der Waals surface area (Å²) in [7, 11) is -3.17. The summed E-state index contributed by atoms with van der Waals surface area (Å²) in [6.45, 7) is 0. The topological polar surface area (TPSA) is 50.9 Å². The van der Waals surface area contributed by atoms with Crippen molar-refractivity contribution < 1.29 is 4.89 Å². The van der Waals surface area contributed by atoms with E-state index in [1.165, 1.54) is 5.57 Å². The van der Waals surface area contributed by atoms with E-state index in [2.05, 4.69) is 162 Å². The molecule has 5 heteroatoms. The van der Waals surface area contributed by atoms with E-state index in [9.17, 15) is 4.89 Å². The van der Waals surface area contributed by atoms with E-state index in [0.29, 0.717) is 5.95 Å². The summed E-state index contributed by atoms with van der Waals surface area (Å²) in [4.78, 5) is 24.3. The lowest BCUT2D eigenvalue weighted by Crippen LogP contribution is -2.32. The van der Waals surface area contributed by atoms with Crippen LogP contribution in [-0.4, -0.2) is 19.4 Å². The normalized spacial score (nSPS) is 16.3. The molecule has 1 aliphatic carbocycles. The van der Waals surface area contributed by atoms with E-state index in [-0.39, 0.29) is 0 Å². The quantitative estimate of drug-likeness (QED) is 0.189. The van der Waals surface area contributed by atoms with Crippen molar-refractivity contribution in [3.63, 3.8) is 0 Å². The predicted octanol–water partition coefficient (Wildman–Crippen LogP) is 9.82. The number of rotatable bonds is 4. The minimum Gasteiger partial charge on any atom is -0.277 e. The summed E-state index contributed by atoms with van der Waals surface area (Å²) in [6.07, 6.45) is 8.45. The smallest absolute Gasteiger partial charge is 0.239 e. The maximum absolute atomic E-state index is 13.6. The van der Waals surface area contributed by atoms with Crippen molar-refractivity contribution in [1.82, 2.24) is 14.5 Å². The molecule has 1 unspecified atom stereocenters. The van der Waals surface area contributed by atoms with Crippen molar-refractivity contribution in [2.75, 3.05) is 0 Å². The minimum atomic E-state index is -3.17. The third-order valence-corrected chi connectivity index (χ3v) is 13.5. The van der Waals surface area contributed by atoms with Crippen LogP contribution in [-0.2, 0) is 0 Å². The molecule has 6 aromatic carbocycles. The fraction of sp³-hybridized carbons (Fsp3) is 0.0435. The molecule has 8 aromatic rings. The summed E-state index contributed by atoms with van der Waals surface area (Å²) in [5, 5.41) is 4.94. The maximum atomic E-state index is 13.6. The highest BCUT2D eigenvalue weighted by Crippen LogP contribution is 2.59. The molecule has 2 aromatic heterocycles. The van der Waals surface area contributed by atoms with Crippen LogP contribution in [0.2, 0.25) is 0 Å². The highest BCUT2D eigenvalue weighted by molar-refractivity contribution is 7.91. The van der Waals surface area contributed by atoms with Crippen LogP contribution in [0.3, 0.4) is 0 Å². The number of nitrogens with zero attached hydrogens (tertiary/aromatic N) is 3. The lowest BCUT2D eigenvalue weighted by atomic mass is 9.98. The Morgan fingerprint density at radius 1 is 0.608 bits per heavy atom. The Balaban J connectivity index is 1.32. The van der Waals surface area contributed by atoms with Crippen molar-refractivity contribution in [2.45, 2.75) is 12.8 Å². The molecular formula is C46H33N3OP+. The zero-order valence-corrected chi connectivity index (χ0v) is 28.7. The highest BCUT2D eigenvalue weighted by atomic mass is 31.2. The molecule has 1 atom stereocenters. The molecule has 1 N–H and O–H groups in total. The molecule has 4 nitrogen and oxygen atoms in total. The zero-order chi connectivity index (χ0) is 33.9. The summed E-state index contributed by atoms with van der Waals surface area (Å²) < 4.78 is 2.24. The largest absolute Gasteiger partial charge is 0.277 e. The molecular weight excluding hydrogens is 642 g/mol. The Kier molecular flexibility index (Phi) is 6.95. The standard InChI is InChI=1S/C46H33N3OP/c50-51(34-21-15-20-33(30-34)31-16-3-1-4-17-31)41-28-13-9-24-37(41)43-36-23-8-12-27-40(36)49(45(43)38-25-10-14-29-42(38)51)46-47-39-26-11-7-22-35(39)44(48-46)32-18-5-2-6-19-32/h1-5,7-18,20-30,50H,6,19H2/q+1. The Labute approximate surface area is 297 Å². The van der Waals surface area contributed by atoms with Crippen LogP contribution in [0.15, 0.2) is 170 Å². The Morgan fingerprint density at radius 3 is 2.12 bits per heavy atom. The van der Waals surface area contributed by atoms with Crippen LogP contribution in [0.25, 0.3) is 66.8 Å². The first kappa shape index (κ1) is 29.9. The van der Waals surface area contributed by atoms with Gasteiger partial charge in [-0.15, -0.1) is 0 Å². The molecule has 0 radical (unpaired) electrons. The van der Waals surface area contributed by atoms with Crippen LogP contribution in [0.5, 0.6) is 0 Å². The van der Waals surface area contributed by atoms with Gasteiger partial charge < -0.3 is 0 Å². The van der Waals surface area contributed by atoms with E-state index >= 15 is 0 Å². The van der Waals surface area contributed by atoms with Gasteiger partial charge in [0.05, 0.1) is 22.4 Å². The number of aromatic nitrogens is 3. The number of fused-ring (bicyclic) bond motifs is 8. The number of hydrogen-bond acceptors (Lipinski definition) is 3.